The highest BCUT2D eigenvalue weighted by Crippen LogP contribution is 2.41. The van der Waals surface area contributed by atoms with Crippen LogP contribution in [-0.4, -0.2) is 23.4 Å². The Balaban J connectivity index is 1.65. The molecule has 2 heterocycles. The molecule has 5 heteroatoms. The van der Waals surface area contributed by atoms with Crippen molar-refractivity contribution in [1.82, 2.24) is 0 Å². The third kappa shape index (κ3) is 2.88. The Kier molecular flexibility index (Phi) is 4.08. The SMILES string of the molecule is CC1(C)OB(c2cc(-c3cccc4c3sc3ccccc34)ccc2O)OC1(C)C. The highest BCUT2D eigenvalue weighted by Gasteiger charge is 2.52. The standard InChI is InChI=1S/C24H23BO3S/c1-23(2)24(3,4)28-25(27-23)19-14-15(12-13-20(19)26)16-9-7-10-18-17-8-5-6-11-21(17)29-22(16)18/h5-14,26H,1-4H3. The van der Waals surface area contributed by atoms with Gasteiger partial charge in [0, 0.05) is 25.6 Å². The zero-order valence-corrected chi connectivity index (χ0v) is 17.8. The first-order valence-electron chi connectivity index (χ1n) is 9.86. The molecule has 0 bridgehead atoms. The predicted molar refractivity (Wildman–Crippen MR) is 122 cm³/mol. The minimum absolute atomic E-state index is 0.191. The Morgan fingerprint density at radius 3 is 2.28 bits per heavy atom. The van der Waals surface area contributed by atoms with E-state index in [-0.39, 0.29) is 5.75 Å². The van der Waals surface area contributed by atoms with Crippen molar-refractivity contribution < 1.29 is 14.4 Å². The zero-order valence-electron chi connectivity index (χ0n) is 17.0. The molecule has 0 spiro atoms. The van der Waals surface area contributed by atoms with Crippen molar-refractivity contribution in [1.29, 1.82) is 0 Å². The summed E-state index contributed by atoms with van der Waals surface area (Å²) in [5.41, 5.74) is 1.96. The van der Waals surface area contributed by atoms with E-state index >= 15 is 0 Å². The van der Waals surface area contributed by atoms with Gasteiger partial charge in [0.05, 0.1) is 11.2 Å². The lowest BCUT2D eigenvalue weighted by Crippen LogP contribution is -2.41. The van der Waals surface area contributed by atoms with Crippen LogP contribution >= 0.6 is 11.3 Å². The molecule has 29 heavy (non-hydrogen) atoms. The van der Waals surface area contributed by atoms with Gasteiger partial charge in [0.25, 0.3) is 0 Å². The molecule has 1 aromatic heterocycles. The molecule has 1 N–H and O–H groups in total. The van der Waals surface area contributed by atoms with Crippen LogP contribution in [0.2, 0.25) is 0 Å². The van der Waals surface area contributed by atoms with Crippen LogP contribution in [0.15, 0.2) is 60.7 Å². The summed E-state index contributed by atoms with van der Waals surface area (Å²) in [5, 5.41) is 13.1. The molecule has 1 aliphatic heterocycles. The van der Waals surface area contributed by atoms with E-state index < -0.39 is 18.3 Å². The van der Waals surface area contributed by atoms with Gasteiger partial charge in [0.2, 0.25) is 0 Å². The zero-order chi connectivity index (χ0) is 20.4. The molecule has 0 amide bonds. The molecule has 1 saturated heterocycles. The summed E-state index contributed by atoms with van der Waals surface area (Å²) in [6.07, 6.45) is 0. The van der Waals surface area contributed by atoms with Gasteiger partial charge in [-0.15, -0.1) is 11.3 Å². The molecular formula is C24H23BO3S. The van der Waals surface area contributed by atoms with Gasteiger partial charge < -0.3 is 14.4 Å². The average Bonchev–Trinajstić information content (AvgIpc) is 3.16. The molecule has 1 fully saturated rings. The summed E-state index contributed by atoms with van der Waals surface area (Å²) < 4.78 is 14.9. The summed E-state index contributed by atoms with van der Waals surface area (Å²) in [7, 11) is -0.596. The third-order valence-electron chi connectivity index (χ3n) is 6.25. The van der Waals surface area contributed by atoms with Gasteiger partial charge in [-0.3, -0.25) is 0 Å². The summed E-state index contributed by atoms with van der Waals surface area (Å²) in [6.45, 7) is 8.08. The second kappa shape index (κ2) is 6.33. The molecule has 4 aromatic rings. The average molecular weight is 402 g/mol. The van der Waals surface area contributed by atoms with E-state index in [4.69, 9.17) is 9.31 Å². The quantitative estimate of drug-likeness (QED) is 0.436. The number of phenolic OH excluding ortho intramolecular Hbond substituents is 1. The lowest BCUT2D eigenvalue weighted by molar-refractivity contribution is 0.00578. The largest absolute Gasteiger partial charge is 0.508 e. The fourth-order valence-corrected chi connectivity index (χ4v) is 5.09. The van der Waals surface area contributed by atoms with E-state index in [0.717, 1.165) is 11.1 Å². The van der Waals surface area contributed by atoms with Gasteiger partial charge in [-0.05, 0) is 51.0 Å². The number of thiophene rings is 1. The molecule has 0 saturated carbocycles. The third-order valence-corrected chi connectivity index (χ3v) is 7.47. The molecule has 0 aliphatic carbocycles. The first-order valence-corrected chi connectivity index (χ1v) is 10.7. The van der Waals surface area contributed by atoms with Crippen molar-refractivity contribution in [3.05, 3.63) is 60.7 Å². The van der Waals surface area contributed by atoms with Gasteiger partial charge >= 0.3 is 7.12 Å². The first-order chi connectivity index (χ1) is 13.8. The maximum atomic E-state index is 10.6. The van der Waals surface area contributed by atoms with Gasteiger partial charge in [0.1, 0.15) is 5.75 Å². The lowest BCUT2D eigenvalue weighted by atomic mass is 9.77. The molecule has 1 aliphatic rings. The van der Waals surface area contributed by atoms with E-state index in [1.165, 1.54) is 20.2 Å². The highest BCUT2D eigenvalue weighted by molar-refractivity contribution is 7.26. The Hall–Kier alpha value is -2.34. The summed E-state index contributed by atoms with van der Waals surface area (Å²) in [5.74, 6) is 0.191. The van der Waals surface area contributed by atoms with Gasteiger partial charge in [-0.2, -0.15) is 0 Å². The summed E-state index contributed by atoms with van der Waals surface area (Å²) >= 11 is 1.80. The van der Waals surface area contributed by atoms with Crippen molar-refractivity contribution in [2.24, 2.45) is 0 Å². The van der Waals surface area contributed by atoms with Gasteiger partial charge in [0.15, 0.2) is 0 Å². The van der Waals surface area contributed by atoms with Crippen molar-refractivity contribution >= 4 is 44.1 Å². The van der Waals surface area contributed by atoms with Crippen LogP contribution in [0.25, 0.3) is 31.3 Å². The number of benzene rings is 3. The van der Waals surface area contributed by atoms with Crippen LogP contribution in [0.4, 0.5) is 0 Å². The Morgan fingerprint density at radius 2 is 1.52 bits per heavy atom. The first kappa shape index (κ1) is 18.7. The van der Waals surface area contributed by atoms with Crippen LogP contribution in [0.1, 0.15) is 27.7 Å². The summed E-state index contributed by atoms with van der Waals surface area (Å²) in [4.78, 5) is 0. The monoisotopic (exact) mass is 402 g/mol. The van der Waals surface area contributed by atoms with Crippen molar-refractivity contribution in [2.45, 2.75) is 38.9 Å². The van der Waals surface area contributed by atoms with E-state index in [1.807, 2.05) is 39.8 Å². The predicted octanol–water partition coefficient (Wildman–Crippen LogP) is 5.73. The Morgan fingerprint density at radius 1 is 0.828 bits per heavy atom. The van der Waals surface area contributed by atoms with E-state index in [1.54, 1.807) is 17.4 Å². The van der Waals surface area contributed by atoms with E-state index in [9.17, 15) is 5.11 Å². The molecule has 0 unspecified atom stereocenters. The van der Waals surface area contributed by atoms with Crippen LogP contribution in [-0.2, 0) is 9.31 Å². The van der Waals surface area contributed by atoms with Gasteiger partial charge in [-0.1, -0.05) is 48.5 Å². The maximum absolute atomic E-state index is 10.6. The smallest absolute Gasteiger partial charge is 0.498 e. The number of phenols is 1. The highest BCUT2D eigenvalue weighted by atomic mass is 32.1. The molecule has 3 aromatic carbocycles. The number of hydrogen-bond donors (Lipinski definition) is 1. The Bertz CT molecular complexity index is 1230. The molecule has 0 radical (unpaired) electrons. The fourth-order valence-electron chi connectivity index (χ4n) is 3.86. The number of hydrogen-bond acceptors (Lipinski definition) is 4. The van der Waals surface area contributed by atoms with Crippen LogP contribution in [0.5, 0.6) is 5.75 Å². The molecule has 3 nitrogen and oxygen atoms in total. The second-order valence-corrected chi connectivity index (χ2v) is 9.69. The lowest BCUT2D eigenvalue weighted by Gasteiger charge is -2.32. The normalized spacial score (nSPS) is 18.0. The van der Waals surface area contributed by atoms with Crippen LogP contribution < -0.4 is 5.46 Å². The summed E-state index contributed by atoms with van der Waals surface area (Å²) in [6, 6.07) is 20.6. The van der Waals surface area contributed by atoms with Crippen molar-refractivity contribution in [3.63, 3.8) is 0 Å². The molecular weight excluding hydrogens is 379 g/mol. The van der Waals surface area contributed by atoms with Crippen LogP contribution in [0.3, 0.4) is 0 Å². The minimum atomic E-state index is -0.596. The second-order valence-electron chi connectivity index (χ2n) is 8.64. The number of rotatable bonds is 2. The fraction of sp³-hybridized carbons (Fsp3) is 0.250. The van der Waals surface area contributed by atoms with Crippen molar-refractivity contribution in [3.8, 4) is 16.9 Å². The van der Waals surface area contributed by atoms with Gasteiger partial charge in [-0.25, -0.2) is 0 Å². The van der Waals surface area contributed by atoms with Crippen molar-refractivity contribution in [2.75, 3.05) is 0 Å². The van der Waals surface area contributed by atoms with E-state index in [0.29, 0.717) is 5.46 Å². The molecule has 5 rings (SSSR count). The molecule has 146 valence electrons. The molecule has 0 atom stereocenters. The number of aromatic hydroxyl groups is 1. The maximum Gasteiger partial charge on any atom is 0.498 e. The Labute approximate surface area is 175 Å². The number of fused-ring (bicyclic) bond motifs is 3. The topological polar surface area (TPSA) is 38.7 Å². The van der Waals surface area contributed by atoms with Crippen LogP contribution in [0, 0.1) is 0 Å². The van der Waals surface area contributed by atoms with E-state index in [2.05, 4.69) is 42.5 Å². The minimum Gasteiger partial charge on any atom is -0.508 e.